The van der Waals surface area contributed by atoms with Gasteiger partial charge in [-0.25, -0.2) is 4.98 Å². The zero-order valence-electron chi connectivity index (χ0n) is 15.7. The van der Waals surface area contributed by atoms with Gasteiger partial charge in [0.05, 0.1) is 13.7 Å². The molecule has 1 aliphatic heterocycles. The van der Waals surface area contributed by atoms with Gasteiger partial charge >= 0.3 is 0 Å². The quantitative estimate of drug-likeness (QED) is 0.677. The van der Waals surface area contributed by atoms with E-state index in [1.54, 1.807) is 7.11 Å². The molecule has 3 rings (SSSR count). The Balaban J connectivity index is 1.42. The summed E-state index contributed by atoms with van der Waals surface area (Å²) in [6.45, 7) is 8.52. The Bertz CT molecular complexity index is 703. The molecule has 1 aromatic carbocycles. The van der Waals surface area contributed by atoms with Gasteiger partial charge in [0, 0.05) is 63.6 Å². The predicted molar refractivity (Wildman–Crippen MR) is 102 cm³/mol. The number of aromatic nitrogens is 2. The van der Waals surface area contributed by atoms with Crippen LogP contribution >= 0.6 is 0 Å². The molecule has 26 heavy (non-hydrogen) atoms. The van der Waals surface area contributed by atoms with Crippen molar-refractivity contribution in [2.24, 2.45) is 0 Å². The summed E-state index contributed by atoms with van der Waals surface area (Å²) in [5.41, 5.74) is 0.750. The van der Waals surface area contributed by atoms with Crippen LogP contribution in [0.5, 0.6) is 5.75 Å². The van der Waals surface area contributed by atoms with E-state index in [4.69, 9.17) is 4.74 Å². The van der Waals surface area contributed by atoms with Crippen LogP contribution in [0.15, 0.2) is 36.7 Å². The van der Waals surface area contributed by atoms with Crippen molar-refractivity contribution in [2.45, 2.75) is 19.9 Å². The van der Waals surface area contributed by atoms with Crippen LogP contribution in [-0.2, 0) is 13.0 Å². The van der Waals surface area contributed by atoms with Gasteiger partial charge in [0.1, 0.15) is 11.6 Å². The van der Waals surface area contributed by atoms with Crippen molar-refractivity contribution in [3.05, 3.63) is 48.0 Å². The van der Waals surface area contributed by atoms with Crippen molar-refractivity contribution in [3.63, 3.8) is 0 Å². The molecule has 0 saturated carbocycles. The summed E-state index contributed by atoms with van der Waals surface area (Å²) in [5.74, 6) is 2.10. The monoisotopic (exact) mass is 356 g/mol. The number of benzene rings is 1. The van der Waals surface area contributed by atoms with Crippen LogP contribution in [0.25, 0.3) is 0 Å². The van der Waals surface area contributed by atoms with Crippen molar-refractivity contribution in [2.75, 3.05) is 46.4 Å². The molecule has 0 atom stereocenters. The van der Waals surface area contributed by atoms with Crippen LogP contribution in [0.3, 0.4) is 0 Å². The van der Waals surface area contributed by atoms with Crippen molar-refractivity contribution in [1.82, 2.24) is 19.4 Å². The lowest BCUT2D eigenvalue weighted by atomic mass is 10.1. The van der Waals surface area contributed by atoms with Gasteiger partial charge in [0.25, 0.3) is 0 Å². The largest absolute Gasteiger partial charge is 0.497 e. The lowest BCUT2D eigenvalue weighted by molar-refractivity contribution is 0.0848. The number of imidazole rings is 1. The SMILES string of the molecule is CCc1nccn1CCN1CCN(CC(=O)c2ccc(OC)cc2)CC1. The number of ether oxygens (including phenoxy) is 1. The summed E-state index contributed by atoms with van der Waals surface area (Å²) in [7, 11) is 1.63. The number of Topliss-reactive ketones (excluding diaryl/α,β-unsaturated/α-hetero) is 1. The molecular formula is C20H28N4O2. The van der Waals surface area contributed by atoms with Gasteiger partial charge in [-0.15, -0.1) is 0 Å². The third kappa shape index (κ3) is 4.71. The van der Waals surface area contributed by atoms with E-state index in [0.29, 0.717) is 6.54 Å². The number of rotatable bonds is 8. The Morgan fingerprint density at radius 2 is 1.77 bits per heavy atom. The number of carbonyl (C=O) groups is 1. The smallest absolute Gasteiger partial charge is 0.176 e. The molecule has 1 aromatic heterocycles. The van der Waals surface area contributed by atoms with Crippen LogP contribution in [0, 0.1) is 0 Å². The molecular weight excluding hydrogens is 328 g/mol. The van der Waals surface area contributed by atoms with Gasteiger partial charge < -0.3 is 9.30 Å². The van der Waals surface area contributed by atoms with Gasteiger partial charge in [-0.2, -0.15) is 0 Å². The van der Waals surface area contributed by atoms with Crippen LogP contribution in [0.1, 0.15) is 23.1 Å². The molecule has 6 nitrogen and oxygen atoms in total. The average molecular weight is 356 g/mol. The van der Waals surface area contributed by atoms with Crippen molar-refractivity contribution in [3.8, 4) is 5.75 Å². The fourth-order valence-electron chi connectivity index (χ4n) is 3.35. The van der Waals surface area contributed by atoms with Gasteiger partial charge in [-0.1, -0.05) is 6.92 Å². The molecule has 0 radical (unpaired) electrons. The number of nitrogens with zero attached hydrogens (tertiary/aromatic N) is 4. The Morgan fingerprint density at radius 1 is 1.08 bits per heavy atom. The van der Waals surface area contributed by atoms with E-state index in [-0.39, 0.29) is 5.78 Å². The summed E-state index contributed by atoms with van der Waals surface area (Å²) in [5, 5.41) is 0. The molecule has 6 heteroatoms. The maximum Gasteiger partial charge on any atom is 0.176 e. The molecule has 0 amide bonds. The van der Waals surface area contributed by atoms with Gasteiger partial charge in [-0.05, 0) is 24.3 Å². The Hall–Kier alpha value is -2.18. The molecule has 2 heterocycles. The average Bonchev–Trinajstić information content (AvgIpc) is 3.15. The summed E-state index contributed by atoms with van der Waals surface area (Å²) >= 11 is 0. The number of hydrogen-bond donors (Lipinski definition) is 0. The number of hydrogen-bond acceptors (Lipinski definition) is 5. The lowest BCUT2D eigenvalue weighted by Crippen LogP contribution is -2.48. The zero-order valence-corrected chi connectivity index (χ0v) is 15.7. The van der Waals surface area contributed by atoms with E-state index >= 15 is 0 Å². The maximum atomic E-state index is 12.4. The number of piperazine rings is 1. The Morgan fingerprint density at radius 3 is 2.42 bits per heavy atom. The molecule has 0 unspecified atom stereocenters. The second-order valence-electron chi connectivity index (χ2n) is 6.66. The number of aryl methyl sites for hydroxylation is 1. The first-order valence-electron chi connectivity index (χ1n) is 9.31. The molecule has 0 aliphatic carbocycles. The Labute approximate surface area is 155 Å². The van der Waals surface area contributed by atoms with Gasteiger partial charge in [-0.3, -0.25) is 14.6 Å². The molecule has 0 spiro atoms. The highest BCUT2D eigenvalue weighted by Crippen LogP contribution is 2.13. The molecule has 0 N–H and O–H groups in total. The lowest BCUT2D eigenvalue weighted by Gasteiger charge is -2.34. The molecule has 140 valence electrons. The third-order valence-corrected chi connectivity index (χ3v) is 5.02. The standard InChI is InChI=1S/C20H28N4O2/c1-3-20-21-8-9-24(20)15-14-22-10-12-23(13-11-22)16-19(25)17-4-6-18(26-2)7-5-17/h4-9H,3,10-16H2,1-2H3. The third-order valence-electron chi connectivity index (χ3n) is 5.02. The predicted octanol–water partition coefficient (Wildman–Crippen LogP) is 1.95. The number of methoxy groups -OCH3 is 1. The van der Waals surface area contributed by atoms with Crippen LogP contribution in [0.4, 0.5) is 0 Å². The highest BCUT2D eigenvalue weighted by Gasteiger charge is 2.19. The second-order valence-corrected chi connectivity index (χ2v) is 6.66. The van der Waals surface area contributed by atoms with Crippen molar-refractivity contribution >= 4 is 5.78 Å². The highest BCUT2D eigenvalue weighted by molar-refractivity contribution is 5.97. The van der Waals surface area contributed by atoms with E-state index in [0.717, 1.165) is 62.8 Å². The van der Waals surface area contributed by atoms with Crippen LogP contribution in [0.2, 0.25) is 0 Å². The number of carbonyl (C=O) groups excluding carboxylic acids is 1. The highest BCUT2D eigenvalue weighted by atomic mass is 16.5. The summed E-state index contributed by atoms with van der Waals surface area (Å²) < 4.78 is 7.38. The Kier molecular flexibility index (Phi) is 6.41. The van der Waals surface area contributed by atoms with E-state index in [1.807, 2.05) is 30.5 Å². The fourth-order valence-corrected chi connectivity index (χ4v) is 3.35. The topological polar surface area (TPSA) is 50.6 Å². The van der Waals surface area contributed by atoms with Crippen molar-refractivity contribution < 1.29 is 9.53 Å². The van der Waals surface area contributed by atoms with Crippen molar-refractivity contribution in [1.29, 1.82) is 0 Å². The van der Waals surface area contributed by atoms with E-state index in [9.17, 15) is 4.79 Å². The van der Waals surface area contributed by atoms with Gasteiger partial charge in [0.2, 0.25) is 0 Å². The first-order valence-corrected chi connectivity index (χ1v) is 9.31. The summed E-state index contributed by atoms with van der Waals surface area (Å²) in [6, 6.07) is 7.36. The minimum atomic E-state index is 0.173. The first-order chi connectivity index (χ1) is 12.7. The molecule has 1 saturated heterocycles. The normalized spacial score (nSPS) is 15.9. The molecule has 0 bridgehead atoms. The molecule has 1 fully saturated rings. The van der Waals surface area contributed by atoms with Crippen LogP contribution in [-0.4, -0.2) is 71.5 Å². The first kappa shape index (κ1) is 18.6. The maximum absolute atomic E-state index is 12.4. The molecule has 2 aromatic rings. The second kappa shape index (κ2) is 8.96. The minimum Gasteiger partial charge on any atom is -0.497 e. The van der Waals surface area contributed by atoms with E-state index < -0.39 is 0 Å². The fraction of sp³-hybridized carbons (Fsp3) is 0.500. The summed E-state index contributed by atoms with van der Waals surface area (Å²) in [4.78, 5) is 21.5. The van der Waals surface area contributed by atoms with E-state index in [1.165, 1.54) is 0 Å². The van der Waals surface area contributed by atoms with Crippen LogP contribution < -0.4 is 4.74 Å². The van der Waals surface area contributed by atoms with E-state index in [2.05, 4.69) is 32.5 Å². The van der Waals surface area contributed by atoms with Gasteiger partial charge in [0.15, 0.2) is 5.78 Å². The summed E-state index contributed by atoms with van der Waals surface area (Å²) in [6.07, 6.45) is 4.90. The zero-order chi connectivity index (χ0) is 18.4. The molecule has 1 aliphatic rings. The minimum absolute atomic E-state index is 0.173. The number of ketones is 1.